The van der Waals surface area contributed by atoms with Crippen molar-refractivity contribution in [3.8, 4) is 0 Å². The highest BCUT2D eigenvalue weighted by Gasteiger charge is 2.36. The number of H-pyrrole nitrogens is 1. The molecular formula is C12H18N2S. The van der Waals surface area contributed by atoms with Gasteiger partial charge in [0.2, 0.25) is 0 Å². The Bertz CT molecular complexity index is 434. The first-order chi connectivity index (χ1) is 7.00. The summed E-state index contributed by atoms with van der Waals surface area (Å²) >= 11 is 5.36. The van der Waals surface area contributed by atoms with Crippen LogP contribution in [0.3, 0.4) is 0 Å². The van der Waals surface area contributed by atoms with E-state index in [2.05, 4.69) is 37.7 Å². The van der Waals surface area contributed by atoms with E-state index in [-0.39, 0.29) is 0 Å². The van der Waals surface area contributed by atoms with Crippen LogP contribution in [0.2, 0.25) is 0 Å². The first-order valence-corrected chi connectivity index (χ1v) is 6.02. The molecule has 1 saturated carbocycles. The molecule has 2 rings (SSSR count). The van der Waals surface area contributed by atoms with Gasteiger partial charge in [0, 0.05) is 17.2 Å². The molecule has 0 bridgehead atoms. The molecule has 2 unspecified atom stereocenters. The maximum absolute atomic E-state index is 5.36. The SMILES string of the molecule is Cc1[nH]c(C2CC2C)nc(=S)c1C(C)C. The van der Waals surface area contributed by atoms with Crippen LogP contribution in [-0.2, 0) is 0 Å². The Morgan fingerprint density at radius 1 is 1.47 bits per heavy atom. The second-order valence-corrected chi connectivity index (χ2v) is 5.33. The van der Waals surface area contributed by atoms with Crippen molar-refractivity contribution >= 4 is 12.2 Å². The lowest BCUT2D eigenvalue weighted by Crippen LogP contribution is -2.03. The lowest BCUT2D eigenvalue weighted by molar-refractivity contribution is 0.777. The van der Waals surface area contributed by atoms with Crippen LogP contribution in [0.4, 0.5) is 0 Å². The van der Waals surface area contributed by atoms with Crippen LogP contribution in [0.1, 0.15) is 56.1 Å². The average molecular weight is 222 g/mol. The Morgan fingerprint density at radius 3 is 2.47 bits per heavy atom. The predicted octanol–water partition coefficient (Wildman–Crippen LogP) is 3.69. The van der Waals surface area contributed by atoms with Gasteiger partial charge in [-0.25, -0.2) is 4.98 Å². The van der Waals surface area contributed by atoms with E-state index in [1.54, 1.807) is 0 Å². The highest BCUT2D eigenvalue weighted by Crippen LogP contribution is 2.45. The molecule has 0 radical (unpaired) electrons. The van der Waals surface area contributed by atoms with Crippen molar-refractivity contribution < 1.29 is 0 Å². The monoisotopic (exact) mass is 222 g/mol. The number of aryl methyl sites for hydroxylation is 1. The quantitative estimate of drug-likeness (QED) is 0.773. The molecule has 0 saturated heterocycles. The van der Waals surface area contributed by atoms with E-state index in [9.17, 15) is 0 Å². The fraction of sp³-hybridized carbons (Fsp3) is 0.667. The van der Waals surface area contributed by atoms with E-state index >= 15 is 0 Å². The summed E-state index contributed by atoms with van der Waals surface area (Å²) in [6.07, 6.45) is 1.25. The number of aromatic amines is 1. The summed E-state index contributed by atoms with van der Waals surface area (Å²) in [7, 11) is 0. The molecule has 1 fully saturated rings. The zero-order valence-corrected chi connectivity index (χ0v) is 10.6. The Hall–Kier alpha value is -0.700. The molecule has 1 aromatic heterocycles. The van der Waals surface area contributed by atoms with Crippen molar-refractivity contribution in [3.05, 3.63) is 21.7 Å². The van der Waals surface area contributed by atoms with Gasteiger partial charge in [0.15, 0.2) is 0 Å². The molecule has 82 valence electrons. The fourth-order valence-electron chi connectivity index (χ4n) is 2.18. The van der Waals surface area contributed by atoms with Crippen molar-refractivity contribution in [2.45, 2.75) is 46.0 Å². The van der Waals surface area contributed by atoms with Crippen LogP contribution in [-0.4, -0.2) is 9.97 Å². The minimum Gasteiger partial charge on any atom is -0.347 e. The Kier molecular flexibility index (Phi) is 2.67. The summed E-state index contributed by atoms with van der Waals surface area (Å²) < 4.78 is 0.787. The van der Waals surface area contributed by atoms with Crippen molar-refractivity contribution in [3.63, 3.8) is 0 Å². The van der Waals surface area contributed by atoms with Gasteiger partial charge in [-0.2, -0.15) is 0 Å². The third-order valence-electron chi connectivity index (χ3n) is 3.21. The summed E-state index contributed by atoms with van der Waals surface area (Å²) in [5.74, 6) is 2.93. The van der Waals surface area contributed by atoms with Crippen molar-refractivity contribution in [1.82, 2.24) is 9.97 Å². The van der Waals surface area contributed by atoms with Gasteiger partial charge in [0.25, 0.3) is 0 Å². The van der Waals surface area contributed by atoms with Gasteiger partial charge in [-0.3, -0.25) is 0 Å². The van der Waals surface area contributed by atoms with Crippen molar-refractivity contribution in [2.75, 3.05) is 0 Å². The van der Waals surface area contributed by atoms with E-state index < -0.39 is 0 Å². The van der Waals surface area contributed by atoms with Crippen LogP contribution in [0, 0.1) is 17.5 Å². The normalized spacial score (nSPS) is 24.6. The largest absolute Gasteiger partial charge is 0.347 e. The minimum atomic E-state index is 0.451. The van der Waals surface area contributed by atoms with Gasteiger partial charge in [-0.05, 0) is 25.2 Å². The van der Waals surface area contributed by atoms with Crippen LogP contribution in [0.15, 0.2) is 0 Å². The van der Waals surface area contributed by atoms with E-state index in [4.69, 9.17) is 12.2 Å². The molecule has 3 heteroatoms. The first kappa shape index (κ1) is 10.8. The Labute approximate surface area is 96.1 Å². The highest BCUT2D eigenvalue weighted by atomic mass is 32.1. The number of nitrogens with one attached hydrogen (secondary N) is 1. The van der Waals surface area contributed by atoms with Gasteiger partial charge in [0.1, 0.15) is 10.5 Å². The molecule has 15 heavy (non-hydrogen) atoms. The highest BCUT2D eigenvalue weighted by molar-refractivity contribution is 7.71. The van der Waals surface area contributed by atoms with Crippen LogP contribution in [0.25, 0.3) is 0 Å². The molecular weight excluding hydrogens is 204 g/mol. The second-order valence-electron chi connectivity index (χ2n) is 4.94. The molecule has 1 aliphatic carbocycles. The summed E-state index contributed by atoms with van der Waals surface area (Å²) in [6.45, 7) is 8.68. The van der Waals surface area contributed by atoms with Gasteiger partial charge in [0.05, 0.1) is 0 Å². The number of aromatic nitrogens is 2. The van der Waals surface area contributed by atoms with Gasteiger partial charge in [-0.1, -0.05) is 33.0 Å². The summed E-state index contributed by atoms with van der Waals surface area (Å²) in [6, 6.07) is 0. The molecule has 2 atom stereocenters. The van der Waals surface area contributed by atoms with E-state index in [0.29, 0.717) is 11.8 Å². The first-order valence-electron chi connectivity index (χ1n) is 5.61. The molecule has 1 aliphatic rings. The minimum absolute atomic E-state index is 0.451. The number of hydrogen-bond donors (Lipinski definition) is 1. The van der Waals surface area contributed by atoms with Crippen LogP contribution < -0.4 is 0 Å². The predicted molar refractivity (Wildman–Crippen MR) is 64.8 cm³/mol. The maximum Gasteiger partial charge on any atom is 0.133 e. The standard InChI is InChI=1S/C12H18N2S/c1-6(2)10-8(4)13-11(14-12(10)15)9-5-7(9)3/h6-7,9H,5H2,1-4H3,(H,13,14,15). The van der Waals surface area contributed by atoms with Crippen molar-refractivity contribution in [2.24, 2.45) is 5.92 Å². The Morgan fingerprint density at radius 2 is 2.07 bits per heavy atom. The third-order valence-corrected chi connectivity index (χ3v) is 3.52. The molecule has 1 N–H and O–H groups in total. The molecule has 1 aromatic rings. The summed E-state index contributed by atoms with van der Waals surface area (Å²) in [5.41, 5.74) is 2.39. The van der Waals surface area contributed by atoms with Crippen molar-refractivity contribution in [1.29, 1.82) is 0 Å². The Balaban J connectivity index is 2.44. The average Bonchev–Trinajstić information content (AvgIpc) is 2.80. The molecule has 1 heterocycles. The third kappa shape index (κ3) is 1.98. The van der Waals surface area contributed by atoms with E-state index in [1.807, 2.05) is 0 Å². The topological polar surface area (TPSA) is 28.7 Å². The molecule has 0 aliphatic heterocycles. The lowest BCUT2D eigenvalue weighted by Gasteiger charge is -2.11. The van der Waals surface area contributed by atoms with E-state index in [1.165, 1.54) is 17.7 Å². The number of nitrogens with zero attached hydrogens (tertiary/aromatic N) is 1. The molecule has 0 spiro atoms. The number of hydrogen-bond acceptors (Lipinski definition) is 2. The van der Waals surface area contributed by atoms with E-state index in [0.717, 1.165) is 16.4 Å². The number of rotatable bonds is 2. The van der Waals surface area contributed by atoms with Gasteiger partial charge < -0.3 is 4.98 Å². The van der Waals surface area contributed by atoms with Gasteiger partial charge >= 0.3 is 0 Å². The zero-order chi connectivity index (χ0) is 11.2. The second kappa shape index (κ2) is 3.71. The van der Waals surface area contributed by atoms with Crippen LogP contribution >= 0.6 is 12.2 Å². The molecule has 0 amide bonds. The molecule has 0 aromatic carbocycles. The zero-order valence-electron chi connectivity index (χ0n) is 9.79. The smallest absolute Gasteiger partial charge is 0.133 e. The maximum atomic E-state index is 5.36. The fourth-order valence-corrected chi connectivity index (χ4v) is 2.66. The van der Waals surface area contributed by atoms with Gasteiger partial charge in [-0.15, -0.1) is 0 Å². The summed E-state index contributed by atoms with van der Waals surface area (Å²) in [4.78, 5) is 7.94. The lowest BCUT2D eigenvalue weighted by atomic mass is 10.0. The summed E-state index contributed by atoms with van der Waals surface area (Å²) in [5, 5.41) is 0. The molecule has 2 nitrogen and oxygen atoms in total. The van der Waals surface area contributed by atoms with Crippen LogP contribution in [0.5, 0.6) is 0 Å².